The van der Waals surface area contributed by atoms with Gasteiger partial charge in [-0.25, -0.2) is 4.39 Å². The van der Waals surface area contributed by atoms with Crippen molar-refractivity contribution in [1.82, 2.24) is 5.32 Å². The first-order chi connectivity index (χ1) is 20.6. The van der Waals surface area contributed by atoms with Crippen molar-refractivity contribution in [3.63, 3.8) is 0 Å². The number of rotatable bonds is 7. The van der Waals surface area contributed by atoms with Crippen LogP contribution in [-0.4, -0.2) is 37.4 Å². The minimum atomic E-state index is -1.08. The number of nitrogens with one attached hydrogen (secondary N) is 1. The molecule has 4 aromatic carbocycles. The molecule has 0 fully saturated rings. The summed E-state index contributed by atoms with van der Waals surface area (Å²) in [6, 6.07) is 18.6. The van der Waals surface area contributed by atoms with E-state index in [0.29, 0.717) is 28.6 Å². The third-order valence-corrected chi connectivity index (χ3v) is 8.70. The van der Waals surface area contributed by atoms with Crippen LogP contribution in [0.3, 0.4) is 0 Å². The lowest BCUT2D eigenvalue weighted by molar-refractivity contribution is -0.129. The van der Waals surface area contributed by atoms with E-state index in [9.17, 15) is 18.8 Å². The zero-order chi connectivity index (χ0) is 30.8. The molecule has 0 unspecified atom stereocenters. The molecule has 0 radical (unpaired) electrons. The van der Waals surface area contributed by atoms with Gasteiger partial charge in [0.25, 0.3) is 11.8 Å². The van der Waals surface area contributed by atoms with E-state index < -0.39 is 23.7 Å². The average molecular weight is 667 g/mol. The molecular weight excluding hydrogens is 637 g/mol. The molecule has 1 aliphatic rings. The second-order valence-corrected chi connectivity index (χ2v) is 11.7. The molecule has 0 saturated heterocycles. The number of fused-ring (bicyclic) bond motifs is 2. The second-order valence-electron chi connectivity index (χ2n) is 10.4. The number of halogens is 3. The number of hydrogen-bond donors (Lipinski definition) is 1. The molecule has 222 valence electrons. The van der Waals surface area contributed by atoms with Crippen LogP contribution in [0.15, 0.2) is 77.3 Å². The molecule has 10 heteroatoms. The number of hydrogen-bond acceptors (Lipinski definition) is 4. The van der Waals surface area contributed by atoms with E-state index in [0.717, 1.165) is 20.8 Å². The third-order valence-electron chi connectivity index (χ3n) is 7.77. The zero-order valence-electron chi connectivity index (χ0n) is 23.9. The Morgan fingerprint density at radius 1 is 1.07 bits per heavy atom. The Morgan fingerprint density at radius 3 is 2.51 bits per heavy atom. The van der Waals surface area contributed by atoms with Gasteiger partial charge < -0.3 is 19.9 Å². The molecular formula is C33H30BrClFN3O4. The van der Waals surface area contributed by atoms with Gasteiger partial charge >= 0.3 is 0 Å². The number of benzene rings is 4. The topological polar surface area (TPSA) is 79.0 Å². The van der Waals surface area contributed by atoms with Crippen molar-refractivity contribution in [3.8, 4) is 5.75 Å². The first kappa shape index (κ1) is 30.5. The van der Waals surface area contributed by atoms with Gasteiger partial charge in [0.05, 0.1) is 31.6 Å². The van der Waals surface area contributed by atoms with Crippen LogP contribution >= 0.6 is 27.5 Å². The fraction of sp³-hybridized carbons (Fsp3) is 0.242. The van der Waals surface area contributed by atoms with Gasteiger partial charge in [0.15, 0.2) is 0 Å². The van der Waals surface area contributed by atoms with E-state index in [2.05, 4.69) is 21.2 Å². The summed E-state index contributed by atoms with van der Waals surface area (Å²) in [6.45, 7) is 3.60. The SMILES string of the molecule is CC[C@@H](C)C(=O)N[C@H]1CN(C(=O)c2ccc(F)cc2)c2cc(Cl)ccc2N(Cc2c(OC)ccc3c(Br)cccc23)C1=O. The van der Waals surface area contributed by atoms with Gasteiger partial charge in [0.2, 0.25) is 5.91 Å². The minimum Gasteiger partial charge on any atom is -0.496 e. The molecule has 0 spiro atoms. The maximum atomic E-state index is 14.4. The number of amides is 3. The van der Waals surface area contributed by atoms with Crippen LogP contribution in [0.5, 0.6) is 5.75 Å². The molecule has 1 heterocycles. The van der Waals surface area contributed by atoms with Crippen LogP contribution in [0.1, 0.15) is 36.2 Å². The molecule has 4 aromatic rings. The minimum absolute atomic E-state index is 0.0821. The highest BCUT2D eigenvalue weighted by molar-refractivity contribution is 9.10. The summed E-state index contributed by atoms with van der Waals surface area (Å²) >= 11 is 10.1. The van der Waals surface area contributed by atoms with Crippen molar-refractivity contribution in [2.45, 2.75) is 32.9 Å². The first-order valence-corrected chi connectivity index (χ1v) is 15.0. The molecule has 1 aliphatic heterocycles. The Bertz CT molecular complexity index is 1710. The van der Waals surface area contributed by atoms with Crippen molar-refractivity contribution < 1.29 is 23.5 Å². The van der Waals surface area contributed by atoms with E-state index in [-0.39, 0.29) is 30.5 Å². The van der Waals surface area contributed by atoms with Crippen LogP contribution in [0.2, 0.25) is 5.02 Å². The van der Waals surface area contributed by atoms with Crippen LogP contribution in [0.4, 0.5) is 15.8 Å². The molecule has 7 nitrogen and oxygen atoms in total. The van der Waals surface area contributed by atoms with Crippen LogP contribution in [-0.2, 0) is 16.1 Å². The molecule has 0 bridgehead atoms. The largest absolute Gasteiger partial charge is 0.496 e. The molecule has 2 atom stereocenters. The van der Waals surface area contributed by atoms with Crippen LogP contribution in [0, 0.1) is 11.7 Å². The van der Waals surface area contributed by atoms with Crippen molar-refractivity contribution in [3.05, 3.63) is 99.2 Å². The standard InChI is InChI=1S/C33H30BrClFN3O4/c1-4-19(2)31(40)37-27-18-39(32(41)20-8-11-22(36)12-9-20)29-16-21(35)10-14-28(29)38(33(27)42)17-25-23-6-5-7-26(34)24(23)13-15-30(25)43-3/h5-16,19,27H,4,17-18H2,1-3H3,(H,37,40)/t19-,27+/m1/s1. The predicted octanol–water partition coefficient (Wildman–Crippen LogP) is 7.13. The number of methoxy groups -OCH3 is 1. The average Bonchev–Trinajstić information content (AvgIpc) is 3.11. The van der Waals surface area contributed by atoms with E-state index in [1.54, 1.807) is 37.1 Å². The van der Waals surface area contributed by atoms with Gasteiger partial charge in [-0.1, -0.05) is 53.5 Å². The fourth-order valence-electron chi connectivity index (χ4n) is 5.19. The van der Waals surface area contributed by atoms with E-state index in [1.807, 2.05) is 37.3 Å². The number of carbonyl (C=O) groups is 3. The number of carbonyl (C=O) groups excluding carboxylic acids is 3. The summed E-state index contributed by atoms with van der Waals surface area (Å²) in [5.74, 6) is -1.41. The molecule has 1 N–H and O–H groups in total. The molecule has 0 aliphatic carbocycles. The Morgan fingerprint density at radius 2 is 1.81 bits per heavy atom. The first-order valence-electron chi connectivity index (χ1n) is 13.9. The lowest BCUT2D eigenvalue weighted by atomic mass is 10.0. The van der Waals surface area contributed by atoms with Gasteiger partial charge in [0.1, 0.15) is 17.6 Å². The maximum absolute atomic E-state index is 14.4. The summed E-state index contributed by atoms with van der Waals surface area (Å²) in [6.07, 6.45) is 0.576. The van der Waals surface area contributed by atoms with E-state index in [4.69, 9.17) is 16.3 Å². The second kappa shape index (κ2) is 12.7. The normalized spacial score (nSPS) is 15.6. The third kappa shape index (κ3) is 6.10. The van der Waals surface area contributed by atoms with Gasteiger partial charge in [-0.15, -0.1) is 0 Å². The summed E-state index contributed by atoms with van der Waals surface area (Å²) in [4.78, 5) is 44.5. The molecule has 43 heavy (non-hydrogen) atoms. The smallest absolute Gasteiger partial charge is 0.258 e. The molecule has 0 aromatic heterocycles. The number of nitrogens with zero attached hydrogens (tertiary/aromatic N) is 2. The van der Waals surface area contributed by atoms with Crippen molar-refractivity contribution >= 4 is 67.4 Å². The highest BCUT2D eigenvalue weighted by Crippen LogP contribution is 2.40. The summed E-state index contributed by atoms with van der Waals surface area (Å²) < 4.78 is 20.3. The van der Waals surface area contributed by atoms with E-state index >= 15 is 0 Å². The lowest BCUT2D eigenvalue weighted by Crippen LogP contribution is -2.53. The summed E-state index contributed by atoms with van der Waals surface area (Å²) in [7, 11) is 1.57. The lowest BCUT2D eigenvalue weighted by Gasteiger charge is -2.27. The Hall–Kier alpha value is -3.95. The van der Waals surface area contributed by atoms with Crippen molar-refractivity contribution in [2.75, 3.05) is 23.5 Å². The van der Waals surface area contributed by atoms with Crippen molar-refractivity contribution in [1.29, 1.82) is 0 Å². The van der Waals surface area contributed by atoms with Gasteiger partial charge in [-0.3, -0.25) is 14.4 Å². The highest BCUT2D eigenvalue weighted by Gasteiger charge is 2.38. The zero-order valence-corrected chi connectivity index (χ0v) is 26.2. The van der Waals surface area contributed by atoms with E-state index in [1.165, 1.54) is 29.2 Å². The molecule has 0 saturated carbocycles. The van der Waals surface area contributed by atoms with Crippen LogP contribution < -0.4 is 19.9 Å². The number of ether oxygens (including phenoxy) is 1. The summed E-state index contributed by atoms with van der Waals surface area (Å²) in [5, 5.41) is 5.06. The molecule has 5 rings (SSSR count). The van der Waals surface area contributed by atoms with Gasteiger partial charge in [-0.05, 0) is 77.9 Å². The Kier molecular flexibility index (Phi) is 9.03. The highest BCUT2D eigenvalue weighted by atomic mass is 79.9. The maximum Gasteiger partial charge on any atom is 0.258 e. The quantitative estimate of drug-likeness (QED) is 0.228. The summed E-state index contributed by atoms with van der Waals surface area (Å²) in [5.41, 5.74) is 1.79. The fourth-order valence-corrected chi connectivity index (χ4v) is 5.86. The van der Waals surface area contributed by atoms with Crippen LogP contribution in [0.25, 0.3) is 10.8 Å². The van der Waals surface area contributed by atoms with Crippen molar-refractivity contribution in [2.24, 2.45) is 5.92 Å². The van der Waals surface area contributed by atoms with Gasteiger partial charge in [-0.2, -0.15) is 0 Å². The number of anilines is 2. The Labute approximate surface area is 262 Å². The van der Waals surface area contributed by atoms with Gasteiger partial charge in [0, 0.05) is 26.5 Å². The monoisotopic (exact) mass is 665 g/mol. The molecule has 3 amide bonds. The predicted molar refractivity (Wildman–Crippen MR) is 170 cm³/mol. The Balaban J connectivity index is 1.69.